The van der Waals surface area contributed by atoms with Crippen LogP contribution in [-0.4, -0.2) is 30.4 Å². The highest BCUT2D eigenvalue weighted by atomic mass is 19.4. The Hall–Kier alpha value is -0.820. The Morgan fingerprint density at radius 2 is 2.00 bits per heavy atom. The van der Waals surface area contributed by atoms with E-state index in [1.165, 1.54) is 0 Å². The van der Waals surface area contributed by atoms with Crippen molar-refractivity contribution in [2.24, 2.45) is 11.8 Å². The quantitative estimate of drug-likeness (QED) is 0.534. The number of halogens is 3. The Morgan fingerprint density at radius 3 is 2.33 bits per heavy atom. The zero-order chi connectivity index (χ0) is 12.1. The van der Waals surface area contributed by atoms with Crippen molar-refractivity contribution in [1.29, 1.82) is 0 Å². The van der Waals surface area contributed by atoms with Crippen molar-refractivity contribution < 1.29 is 27.9 Å². The van der Waals surface area contributed by atoms with Gasteiger partial charge < -0.3 is 9.94 Å². The summed E-state index contributed by atoms with van der Waals surface area (Å²) in [4.78, 5) is 14.9. The van der Waals surface area contributed by atoms with Crippen molar-refractivity contribution in [3.8, 4) is 0 Å². The minimum Gasteiger partial charge on any atom is -0.481 e. The number of hydroxylamine groups is 1. The topological polar surface area (TPSA) is 58.6 Å². The molecule has 1 atom stereocenters. The Kier molecular flexibility index (Phi) is 5.59. The summed E-state index contributed by atoms with van der Waals surface area (Å²) in [6.45, 7) is 3.08. The summed E-state index contributed by atoms with van der Waals surface area (Å²) in [6.07, 6.45) is -4.76. The molecule has 90 valence electrons. The lowest BCUT2D eigenvalue weighted by atomic mass is 10.1. The summed E-state index contributed by atoms with van der Waals surface area (Å²) in [5.74, 6) is -4.19. The van der Waals surface area contributed by atoms with E-state index in [4.69, 9.17) is 5.11 Å². The van der Waals surface area contributed by atoms with Crippen LogP contribution in [-0.2, 0) is 9.63 Å². The number of alkyl halides is 3. The summed E-state index contributed by atoms with van der Waals surface area (Å²) in [7, 11) is 0. The Bertz CT molecular complexity index is 206. The number of carboxylic acids is 1. The van der Waals surface area contributed by atoms with E-state index in [1.54, 1.807) is 0 Å². The van der Waals surface area contributed by atoms with Crippen molar-refractivity contribution in [2.75, 3.05) is 13.2 Å². The van der Waals surface area contributed by atoms with E-state index in [9.17, 15) is 18.0 Å². The fourth-order valence-electron chi connectivity index (χ4n) is 0.711. The van der Waals surface area contributed by atoms with Crippen LogP contribution in [0.5, 0.6) is 0 Å². The summed E-state index contributed by atoms with van der Waals surface area (Å²) < 4.78 is 36.2. The molecular formula is C8H14F3NO3. The molecule has 0 heterocycles. The van der Waals surface area contributed by atoms with E-state index >= 15 is 0 Å². The van der Waals surface area contributed by atoms with Crippen molar-refractivity contribution >= 4 is 5.97 Å². The lowest BCUT2D eigenvalue weighted by Crippen LogP contribution is -2.39. The van der Waals surface area contributed by atoms with Crippen molar-refractivity contribution in [2.45, 2.75) is 20.0 Å². The smallest absolute Gasteiger partial charge is 0.403 e. The van der Waals surface area contributed by atoms with Crippen LogP contribution in [0, 0.1) is 11.8 Å². The largest absolute Gasteiger partial charge is 0.481 e. The Morgan fingerprint density at radius 1 is 1.47 bits per heavy atom. The predicted molar refractivity (Wildman–Crippen MR) is 46.0 cm³/mol. The minimum atomic E-state index is -4.76. The van der Waals surface area contributed by atoms with Crippen LogP contribution >= 0.6 is 0 Å². The van der Waals surface area contributed by atoms with Gasteiger partial charge in [-0.05, 0) is 5.92 Å². The molecule has 0 fully saturated rings. The number of carbonyl (C=O) groups is 1. The molecule has 0 radical (unpaired) electrons. The molecule has 0 saturated heterocycles. The first-order chi connectivity index (χ1) is 6.75. The molecule has 0 aromatic carbocycles. The third-order valence-corrected chi connectivity index (χ3v) is 1.50. The minimum absolute atomic E-state index is 0.159. The Labute approximate surface area is 85.4 Å². The molecule has 0 aliphatic carbocycles. The number of hydrogen-bond acceptors (Lipinski definition) is 3. The number of hydrogen-bond donors (Lipinski definition) is 2. The molecule has 2 N–H and O–H groups in total. The number of carboxylic acid groups (broad SMARTS) is 1. The highest BCUT2D eigenvalue weighted by Crippen LogP contribution is 2.25. The van der Waals surface area contributed by atoms with Gasteiger partial charge in [0.1, 0.15) is 0 Å². The summed E-state index contributed by atoms with van der Waals surface area (Å²) >= 11 is 0. The van der Waals surface area contributed by atoms with Gasteiger partial charge in [-0.25, -0.2) is 5.48 Å². The van der Waals surface area contributed by atoms with Crippen molar-refractivity contribution in [1.82, 2.24) is 5.48 Å². The first-order valence-corrected chi connectivity index (χ1v) is 4.39. The number of nitrogens with one attached hydrogen (secondary N) is 1. The highest BCUT2D eigenvalue weighted by molar-refractivity contribution is 5.71. The van der Waals surface area contributed by atoms with Gasteiger partial charge in [0.15, 0.2) is 5.92 Å². The molecule has 4 nitrogen and oxygen atoms in total. The van der Waals surface area contributed by atoms with Gasteiger partial charge in [0.05, 0.1) is 6.61 Å². The molecule has 0 saturated carbocycles. The second kappa shape index (κ2) is 5.92. The maximum atomic E-state index is 12.1. The zero-order valence-electron chi connectivity index (χ0n) is 8.47. The molecule has 0 bridgehead atoms. The second-order valence-electron chi connectivity index (χ2n) is 3.49. The highest BCUT2D eigenvalue weighted by Gasteiger charge is 2.44. The summed E-state index contributed by atoms with van der Waals surface area (Å²) in [5, 5.41) is 8.30. The third kappa shape index (κ3) is 6.29. The first-order valence-electron chi connectivity index (χ1n) is 4.39. The molecule has 7 heteroatoms. The van der Waals surface area contributed by atoms with Gasteiger partial charge in [0, 0.05) is 6.54 Å². The lowest BCUT2D eigenvalue weighted by molar-refractivity contribution is -0.196. The molecule has 0 aliphatic rings. The van der Waals surface area contributed by atoms with Crippen molar-refractivity contribution in [3.05, 3.63) is 0 Å². The van der Waals surface area contributed by atoms with Crippen LogP contribution in [0.4, 0.5) is 13.2 Å². The monoisotopic (exact) mass is 229 g/mol. The lowest BCUT2D eigenvalue weighted by Gasteiger charge is -2.16. The number of aliphatic carboxylic acids is 1. The summed E-state index contributed by atoms with van der Waals surface area (Å²) in [6, 6.07) is 0. The van der Waals surface area contributed by atoms with Gasteiger partial charge in [0.25, 0.3) is 0 Å². The van der Waals surface area contributed by atoms with Crippen LogP contribution in [0.25, 0.3) is 0 Å². The third-order valence-electron chi connectivity index (χ3n) is 1.50. The van der Waals surface area contributed by atoms with Gasteiger partial charge in [-0.2, -0.15) is 13.2 Å². The van der Waals surface area contributed by atoms with E-state index in [1.807, 2.05) is 19.3 Å². The Balaban J connectivity index is 3.94. The van der Waals surface area contributed by atoms with Crippen LogP contribution in [0.2, 0.25) is 0 Å². The van der Waals surface area contributed by atoms with Gasteiger partial charge >= 0.3 is 12.1 Å². The second-order valence-corrected chi connectivity index (χ2v) is 3.49. The molecule has 15 heavy (non-hydrogen) atoms. The van der Waals surface area contributed by atoms with E-state index in [0.29, 0.717) is 0 Å². The van der Waals surface area contributed by atoms with Gasteiger partial charge in [0.2, 0.25) is 0 Å². The molecular weight excluding hydrogens is 215 g/mol. The zero-order valence-corrected chi connectivity index (χ0v) is 8.47. The molecule has 0 spiro atoms. The molecule has 0 aromatic heterocycles. The standard InChI is InChI=1S/C8H14F3NO3/c1-5(2)4-15-12-3-6(7(13)14)8(9,10)11/h5-6,12H,3-4H2,1-2H3,(H,13,14). The van der Waals surface area contributed by atoms with E-state index in [-0.39, 0.29) is 12.5 Å². The van der Waals surface area contributed by atoms with E-state index in [2.05, 4.69) is 4.84 Å². The van der Waals surface area contributed by atoms with Crippen LogP contribution in [0.3, 0.4) is 0 Å². The van der Waals surface area contributed by atoms with Crippen LogP contribution < -0.4 is 5.48 Å². The normalized spacial score (nSPS) is 14.3. The number of rotatable bonds is 6. The van der Waals surface area contributed by atoms with Gasteiger partial charge in [-0.15, -0.1) is 0 Å². The molecule has 0 rings (SSSR count). The van der Waals surface area contributed by atoms with Gasteiger partial charge in [-0.1, -0.05) is 13.8 Å². The van der Waals surface area contributed by atoms with Crippen molar-refractivity contribution in [3.63, 3.8) is 0 Å². The molecule has 0 aliphatic heterocycles. The van der Waals surface area contributed by atoms with E-state index < -0.39 is 24.6 Å². The van der Waals surface area contributed by atoms with Crippen LogP contribution in [0.15, 0.2) is 0 Å². The predicted octanol–water partition coefficient (Wildman–Crippen LogP) is 1.43. The molecule has 0 amide bonds. The average Bonchev–Trinajstić information content (AvgIpc) is 1.99. The molecule has 1 unspecified atom stereocenters. The molecule has 0 aromatic rings. The maximum Gasteiger partial charge on any atom is 0.403 e. The van der Waals surface area contributed by atoms with Crippen LogP contribution in [0.1, 0.15) is 13.8 Å². The fraction of sp³-hybridized carbons (Fsp3) is 0.875. The first kappa shape index (κ1) is 14.2. The summed E-state index contributed by atoms with van der Waals surface area (Å²) in [5.41, 5.74) is 2.00. The fourth-order valence-corrected chi connectivity index (χ4v) is 0.711. The maximum absolute atomic E-state index is 12.1. The van der Waals surface area contributed by atoms with Gasteiger partial charge in [-0.3, -0.25) is 4.79 Å². The SMILES string of the molecule is CC(C)CONCC(C(=O)O)C(F)(F)F. The van der Waals surface area contributed by atoms with E-state index in [0.717, 1.165) is 0 Å². The average molecular weight is 229 g/mol.